The molecule has 0 atom stereocenters. The second-order valence-electron chi connectivity index (χ2n) is 6.56. The highest BCUT2D eigenvalue weighted by atomic mass is 35.5. The predicted molar refractivity (Wildman–Crippen MR) is 102 cm³/mol. The Morgan fingerprint density at radius 3 is 2.75 bits per heavy atom. The van der Waals surface area contributed by atoms with Gasteiger partial charge in [0.2, 0.25) is 0 Å². The molecule has 3 aromatic rings. The van der Waals surface area contributed by atoms with Crippen LogP contribution < -0.4 is 5.32 Å². The summed E-state index contributed by atoms with van der Waals surface area (Å²) in [5, 5.41) is 17.8. The lowest BCUT2D eigenvalue weighted by Crippen LogP contribution is -2.30. The SMILES string of the molecule is O=C(NCc1ccc(Cl)cc1)c1cc(O)c(-c2cnn(C3COC3)c2)cc1F. The molecule has 0 spiro atoms. The van der Waals surface area contributed by atoms with Crippen LogP contribution >= 0.6 is 11.6 Å². The van der Waals surface area contributed by atoms with Crippen LogP contribution in [-0.2, 0) is 11.3 Å². The van der Waals surface area contributed by atoms with E-state index < -0.39 is 11.7 Å². The van der Waals surface area contributed by atoms with Crippen LogP contribution in [0.1, 0.15) is 22.0 Å². The van der Waals surface area contributed by atoms with Crippen molar-refractivity contribution in [3.05, 3.63) is 70.8 Å². The number of phenols is 1. The number of nitrogens with one attached hydrogen (secondary N) is 1. The molecule has 1 amide bonds. The average Bonchev–Trinajstić information content (AvgIpc) is 3.10. The zero-order chi connectivity index (χ0) is 19.7. The Morgan fingerprint density at radius 1 is 1.32 bits per heavy atom. The Balaban J connectivity index is 1.50. The first kappa shape index (κ1) is 18.5. The molecule has 28 heavy (non-hydrogen) atoms. The van der Waals surface area contributed by atoms with Gasteiger partial charge >= 0.3 is 0 Å². The number of benzene rings is 2. The largest absolute Gasteiger partial charge is 0.507 e. The lowest BCUT2D eigenvalue weighted by Gasteiger charge is -2.25. The molecule has 0 bridgehead atoms. The quantitative estimate of drug-likeness (QED) is 0.685. The van der Waals surface area contributed by atoms with Crippen molar-refractivity contribution in [3.63, 3.8) is 0 Å². The predicted octanol–water partition coefficient (Wildman–Crippen LogP) is 3.55. The number of halogens is 2. The maximum atomic E-state index is 14.6. The lowest BCUT2D eigenvalue weighted by molar-refractivity contribution is -0.0286. The van der Waals surface area contributed by atoms with Crippen LogP contribution in [0.5, 0.6) is 5.75 Å². The number of rotatable bonds is 5. The number of amides is 1. The van der Waals surface area contributed by atoms with Crippen LogP contribution in [0.3, 0.4) is 0 Å². The van der Waals surface area contributed by atoms with Gasteiger partial charge in [-0.05, 0) is 29.8 Å². The maximum absolute atomic E-state index is 14.6. The summed E-state index contributed by atoms with van der Waals surface area (Å²) >= 11 is 5.83. The van der Waals surface area contributed by atoms with Gasteiger partial charge in [-0.25, -0.2) is 4.39 Å². The molecule has 0 aliphatic carbocycles. The molecule has 2 N–H and O–H groups in total. The molecule has 1 fully saturated rings. The molecular weight excluding hydrogens is 385 g/mol. The van der Waals surface area contributed by atoms with Gasteiger partial charge < -0.3 is 15.2 Å². The summed E-state index contributed by atoms with van der Waals surface area (Å²) in [6.45, 7) is 1.37. The number of nitrogens with zero attached hydrogens (tertiary/aromatic N) is 2. The van der Waals surface area contributed by atoms with Crippen molar-refractivity contribution >= 4 is 17.5 Å². The van der Waals surface area contributed by atoms with Crippen LogP contribution in [0.4, 0.5) is 4.39 Å². The third-order valence-electron chi connectivity index (χ3n) is 4.60. The zero-order valence-electron chi connectivity index (χ0n) is 14.7. The number of carbonyl (C=O) groups is 1. The van der Waals surface area contributed by atoms with Crippen molar-refractivity contribution in [1.82, 2.24) is 15.1 Å². The maximum Gasteiger partial charge on any atom is 0.254 e. The molecule has 144 valence electrons. The van der Waals surface area contributed by atoms with Gasteiger partial charge in [-0.15, -0.1) is 0 Å². The number of ether oxygens (including phenoxy) is 1. The second-order valence-corrected chi connectivity index (χ2v) is 7.00. The first-order valence-electron chi connectivity index (χ1n) is 8.68. The van der Waals surface area contributed by atoms with Crippen molar-refractivity contribution in [2.45, 2.75) is 12.6 Å². The van der Waals surface area contributed by atoms with E-state index in [1.54, 1.807) is 41.3 Å². The molecule has 0 radical (unpaired) electrons. The van der Waals surface area contributed by atoms with Gasteiger partial charge in [0.15, 0.2) is 0 Å². The van der Waals surface area contributed by atoms with Crippen LogP contribution in [0, 0.1) is 5.82 Å². The molecule has 6 nitrogen and oxygen atoms in total. The average molecular weight is 402 g/mol. The minimum absolute atomic E-state index is 0.152. The van der Waals surface area contributed by atoms with Crippen molar-refractivity contribution in [1.29, 1.82) is 0 Å². The molecule has 2 heterocycles. The van der Waals surface area contributed by atoms with E-state index in [-0.39, 0.29) is 29.5 Å². The standard InChI is InChI=1S/C20H17ClFN3O3/c21-14-3-1-12(2-4-14)7-23-20(27)17-6-19(26)16(5-18(17)22)13-8-24-25(9-13)15-10-28-11-15/h1-6,8-9,15,26H,7,10-11H2,(H,23,27). The number of hydrogen-bond donors (Lipinski definition) is 2. The summed E-state index contributed by atoms with van der Waals surface area (Å²) in [7, 11) is 0. The van der Waals surface area contributed by atoms with Gasteiger partial charge in [-0.2, -0.15) is 5.10 Å². The van der Waals surface area contributed by atoms with Crippen molar-refractivity contribution < 1.29 is 19.0 Å². The van der Waals surface area contributed by atoms with E-state index in [2.05, 4.69) is 10.4 Å². The van der Waals surface area contributed by atoms with Gasteiger partial charge in [0.05, 0.1) is 31.0 Å². The molecule has 4 rings (SSSR count). The Bertz CT molecular complexity index is 1020. The summed E-state index contributed by atoms with van der Waals surface area (Å²) in [5.41, 5.74) is 1.44. The summed E-state index contributed by atoms with van der Waals surface area (Å²) in [5.74, 6) is -1.53. The molecule has 0 saturated carbocycles. The fourth-order valence-electron chi connectivity index (χ4n) is 2.90. The Hall–Kier alpha value is -2.90. The van der Waals surface area contributed by atoms with E-state index in [0.717, 1.165) is 17.7 Å². The molecule has 1 aromatic heterocycles. The van der Waals surface area contributed by atoms with E-state index >= 15 is 0 Å². The van der Waals surface area contributed by atoms with Gasteiger partial charge in [0.1, 0.15) is 11.6 Å². The van der Waals surface area contributed by atoms with Gasteiger partial charge in [0.25, 0.3) is 5.91 Å². The van der Waals surface area contributed by atoms with E-state index in [1.165, 1.54) is 0 Å². The molecule has 2 aromatic carbocycles. The number of aromatic hydroxyl groups is 1. The van der Waals surface area contributed by atoms with Crippen LogP contribution in [0.2, 0.25) is 5.02 Å². The first-order valence-corrected chi connectivity index (χ1v) is 9.06. The summed E-state index contributed by atoms with van der Waals surface area (Å²) in [6, 6.07) is 9.38. The van der Waals surface area contributed by atoms with E-state index in [4.69, 9.17) is 16.3 Å². The number of hydrogen-bond acceptors (Lipinski definition) is 4. The van der Waals surface area contributed by atoms with Crippen LogP contribution in [0.25, 0.3) is 11.1 Å². The fraction of sp³-hybridized carbons (Fsp3) is 0.200. The zero-order valence-corrected chi connectivity index (χ0v) is 15.5. The highest BCUT2D eigenvalue weighted by molar-refractivity contribution is 6.30. The van der Waals surface area contributed by atoms with Crippen molar-refractivity contribution in [2.24, 2.45) is 0 Å². The van der Waals surface area contributed by atoms with Crippen molar-refractivity contribution in [3.8, 4) is 16.9 Å². The molecular formula is C20H17ClFN3O3. The lowest BCUT2D eigenvalue weighted by atomic mass is 10.0. The van der Waals surface area contributed by atoms with E-state index in [1.807, 2.05) is 0 Å². The minimum Gasteiger partial charge on any atom is -0.507 e. The Labute approximate surface area is 165 Å². The van der Waals surface area contributed by atoms with Crippen molar-refractivity contribution in [2.75, 3.05) is 13.2 Å². The molecule has 1 aliphatic rings. The highest BCUT2D eigenvalue weighted by Gasteiger charge is 2.22. The summed E-state index contributed by atoms with van der Waals surface area (Å²) in [6.07, 6.45) is 3.27. The van der Waals surface area contributed by atoms with Gasteiger partial charge in [-0.3, -0.25) is 9.48 Å². The van der Waals surface area contributed by atoms with E-state index in [0.29, 0.717) is 23.8 Å². The van der Waals surface area contributed by atoms with Crippen LogP contribution in [0.15, 0.2) is 48.8 Å². The smallest absolute Gasteiger partial charge is 0.254 e. The van der Waals surface area contributed by atoms with Gasteiger partial charge in [-0.1, -0.05) is 23.7 Å². The Morgan fingerprint density at radius 2 is 2.07 bits per heavy atom. The summed E-state index contributed by atoms with van der Waals surface area (Å²) in [4.78, 5) is 12.3. The van der Waals surface area contributed by atoms with Crippen LogP contribution in [-0.4, -0.2) is 34.0 Å². The number of phenolic OH excluding ortho intramolecular Hbond substituents is 1. The molecule has 0 unspecified atom stereocenters. The number of aromatic nitrogens is 2. The molecule has 1 saturated heterocycles. The highest BCUT2D eigenvalue weighted by Crippen LogP contribution is 2.32. The normalized spacial score (nSPS) is 13.9. The second kappa shape index (κ2) is 7.61. The topological polar surface area (TPSA) is 76.4 Å². The molecule has 1 aliphatic heterocycles. The monoisotopic (exact) mass is 401 g/mol. The molecule has 8 heteroatoms. The van der Waals surface area contributed by atoms with Gasteiger partial charge in [0, 0.05) is 28.9 Å². The minimum atomic E-state index is -0.721. The summed E-state index contributed by atoms with van der Waals surface area (Å²) < 4.78 is 21.4. The fourth-order valence-corrected chi connectivity index (χ4v) is 3.03. The first-order chi connectivity index (χ1) is 13.5. The van der Waals surface area contributed by atoms with E-state index in [9.17, 15) is 14.3 Å². The third-order valence-corrected chi connectivity index (χ3v) is 4.86. The Kier molecular flexibility index (Phi) is 5.02. The third kappa shape index (κ3) is 3.72. The number of carbonyl (C=O) groups excluding carboxylic acids is 1.